The summed E-state index contributed by atoms with van der Waals surface area (Å²) in [5.74, 6) is 0.566. The molecule has 0 aliphatic rings. The highest BCUT2D eigenvalue weighted by Crippen LogP contribution is 2.28. The minimum Gasteiger partial charge on any atom is -0.497 e. The Bertz CT molecular complexity index is 742. The van der Waals surface area contributed by atoms with E-state index in [0.717, 1.165) is 0 Å². The van der Waals surface area contributed by atoms with Crippen LogP contribution in [0.5, 0.6) is 17.2 Å². The Morgan fingerprint density at radius 3 is 2.24 bits per heavy atom. The van der Waals surface area contributed by atoms with Crippen LogP contribution in [-0.4, -0.2) is 39.8 Å². The first-order chi connectivity index (χ1) is 12.1. The lowest BCUT2D eigenvalue weighted by atomic mass is 10.2. The lowest BCUT2D eigenvalue weighted by molar-refractivity contribution is -0.118. The average Bonchev–Trinajstić information content (AvgIpc) is 2.66. The van der Waals surface area contributed by atoms with E-state index in [1.807, 2.05) is 0 Å². The molecule has 0 saturated carbocycles. The molecule has 0 fully saturated rings. The summed E-state index contributed by atoms with van der Waals surface area (Å²) in [7, 11) is 4.31. The van der Waals surface area contributed by atoms with Gasteiger partial charge in [-0.05, 0) is 42.5 Å². The van der Waals surface area contributed by atoms with Crippen molar-refractivity contribution in [2.24, 2.45) is 0 Å². The van der Waals surface area contributed by atoms with Crippen LogP contribution in [-0.2, 0) is 9.53 Å². The molecule has 0 bridgehead atoms. The van der Waals surface area contributed by atoms with E-state index in [9.17, 15) is 9.59 Å². The van der Waals surface area contributed by atoms with Crippen LogP contribution in [0, 0.1) is 0 Å². The van der Waals surface area contributed by atoms with Gasteiger partial charge in [-0.15, -0.1) is 0 Å². The second kappa shape index (κ2) is 8.58. The zero-order chi connectivity index (χ0) is 18.2. The zero-order valence-electron chi connectivity index (χ0n) is 14.2. The summed E-state index contributed by atoms with van der Waals surface area (Å²) in [5, 5.41) is 2.71. The van der Waals surface area contributed by atoms with Crippen molar-refractivity contribution in [3.05, 3.63) is 48.0 Å². The molecule has 7 nitrogen and oxygen atoms in total. The van der Waals surface area contributed by atoms with Gasteiger partial charge >= 0.3 is 5.97 Å². The maximum atomic E-state index is 12.0. The number of hydrogen-bond donors (Lipinski definition) is 1. The molecular formula is C18H19NO6. The summed E-state index contributed by atoms with van der Waals surface area (Å²) in [6, 6.07) is 11.5. The highest BCUT2D eigenvalue weighted by atomic mass is 16.5. The molecule has 0 radical (unpaired) electrons. The quantitative estimate of drug-likeness (QED) is 0.777. The summed E-state index contributed by atoms with van der Waals surface area (Å²) < 4.78 is 20.3. The summed E-state index contributed by atoms with van der Waals surface area (Å²) in [6.07, 6.45) is 0. The second-order valence-corrected chi connectivity index (χ2v) is 4.92. The van der Waals surface area contributed by atoms with Gasteiger partial charge in [0.2, 0.25) is 0 Å². The predicted octanol–water partition coefficient (Wildman–Crippen LogP) is 2.51. The minimum absolute atomic E-state index is 0.208. The van der Waals surface area contributed by atoms with Crippen molar-refractivity contribution >= 4 is 17.6 Å². The van der Waals surface area contributed by atoms with Gasteiger partial charge in [-0.1, -0.05) is 0 Å². The van der Waals surface area contributed by atoms with Gasteiger partial charge in [0.25, 0.3) is 5.91 Å². The Kier molecular flexibility index (Phi) is 6.22. The van der Waals surface area contributed by atoms with E-state index < -0.39 is 5.97 Å². The van der Waals surface area contributed by atoms with Crippen LogP contribution in [0.15, 0.2) is 42.5 Å². The Labute approximate surface area is 145 Å². The smallest absolute Gasteiger partial charge is 0.337 e. The van der Waals surface area contributed by atoms with Crippen LogP contribution in [0.2, 0.25) is 0 Å². The summed E-state index contributed by atoms with van der Waals surface area (Å²) >= 11 is 0. The van der Waals surface area contributed by atoms with Crippen LogP contribution in [0.1, 0.15) is 10.4 Å². The number of carbonyl (C=O) groups excluding carboxylic acids is 2. The van der Waals surface area contributed by atoms with Gasteiger partial charge in [0.1, 0.15) is 5.75 Å². The lowest BCUT2D eigenvalue weighted by Gasteiger charge is -2.12. The Hall–Kier alpha value is -3.22. The predicted molar refractivity (Wildman–Crippen MR) is 91.5 cm³/mol. The summed E-state index contributed by atoms with van der Waals surface area (Å²) in [4.78, 5) is 23.5. The molecule has 25 heavy (non-hydrogen) atoms. The molecule has 132 valence electrons. The van der Waals surface area contributed by atoms with E-state index >= 15 is 0 Å². The van der Waals surface area contributed by atoms with Crippen molar-refractivity contribution in [1.29, 1.82) is 0 Å². The fraction of sp³-hybridized carbons (Fsp3) is 0.222. The van der Waals surface area contributed by atoms with Crippen molar-refractivity contribution in [2.75, 3.05) is 33.3 Å². The fourth-order valence-electron chi connectivity index (χ4n) is 2.05. The maximum absolute atomic E-state index is 12.0. The van der Waals surface area contributed by atoms with Crippen molar-refractivity contribution in [2.45, 2.75) is 0 Å². The summed E-state index contributed by atoms with van der Waals surface area (Å²) in [5.41, 5.74) is 0.955. The van der Waals surface area contributed by atoms with Gasteiger partial charge in [-0.3, -0.25) is 4.79 Å². The van der Waals surface area contributed by atoms with E-state index in [1.54, 1.807) is 37.4 Å². The third kappa shape index (κ3) is 4.87. The molecule has 0 aliphatic heterocycles. The molecule has 7 heteroatoms. The van der Waals surface area contributed by atoms with Gasteiger partial charge in [-0.25, -0.2) is 4.79 Å². The molecule has 0 heterocycles. The second-order valence-electron chi connectivity index (χ2n) is 4.92. The lowest BCUT2D eigenvalue weighted by Crippen LogP contribution is -2.20. The molecule has 0 spiro atoms. The van der Waals surface area contributed by atoms with Gasteiger partial charge < -0.3 is 24.3 Å². The van der Waals surface area contributed by atoms with Gasteiger partial charge in [0, 0.05) is 5.69 Å². The number of anilines is 1. The fourth-order valence-corrected chi connectivity index (χ4v) is 2.05. The molecule has 2 rings (SSSR count). The highest BCUT2D eigenvalue weighted by molar-refractivity contribution is 5.92. The third-order valence-corrected chi connectivity index (χ3v) is 3.32. The van der Waals surface area contributed by atoms with E-state index in [0.29, 0.717) is 28.5 Å². The van der Waals surface area contributed by atoms with Crippen molar-refractivity contribution in [3.63, 3.8) is 0 Å². The average molecular weight is 345 g/mol. The van der Waals surface area contributed by atoms with Crippen molar-refractivity contribution in [1.82, 2.24) is 0 Å². The number of methoxy groups -OCH3 is 3. The number of ether oxygens (including phenoxy) is 4. The number of nitrogens with one attached hydrogen (secondary N) is 1. The Balaban J connectivity index is 1.97. The van der Waals surface area contributed by atoms with Crippen LogP contribution in [0.4, 0.5) is 5.69 Å². The molecular weight excluding hydrogens is 326 g/mol. The minimum atomic E-state index is -0.484. The monoisotopic (exact) mass is 345 g/mol. The van der Waals surface area contributed by atoms with Gasteiger partial charge in [0.15, 0.2) is 18.1 Å². The number of hydrogen-bond acceptors (Lipinski definition) is 6. The van der Waals surface area contributed by atoms with Crippen LogP contribution in [0.25, 0.3) is 0 Å². The standard InChI is InChI=1S/C18H19NO6/c1-22-14-7-5-13(6-8-14)19-17(20)11-25-15-9-4-12(18(21)24-3)10-16(15)23-2/h4-10H,11H2,1-3H3,(H,19,20). The van der Waals surface area contributed by atoms with E-state index in [4.69, 9.17) is 14.2 Å². The number of rotatable bonds is 7. The highest BCUT2D eigenvalue weighted by Gasteiger charge is 2.12. The van der Waals surface area contributed by atoms with E-state index in [1.165, 1.54) is 26.4 Å². The largest absolute Gasteiger partial charge is 0.497 e. The topological polar surface area (TPSA) is 83.1 Å². The van der Waals surface area contributed by atoms with Gasteiger partial charge in [-0.2, -0.15) is 0 Å². The Morgan fingerprint density at radius 1 is 0.920 bits per heavy atom. The molecule has 0 unspecified atom stereocenters. The number of amides is 1. The normalized spacial score (nSPS) is 9.88. The number of carbonyl (C=O) groups is 2. The molecule has 2 aromatic carbocycles. The van der Waals surface area contributed by atoms with Gasteiger partial charge in [0.05, 0.1) is 26.9 Å². The number of benzene rings is 2. The van der Waals surface area contributed by atoms with E-state index in [2.05, 4.69) is 10.1 Å². The maximum Gasteiger partial charge on any atom is 0.337 e. The number of esters is 1. The SMILES string of the molecule is COC(=O)c1ccc(OCC(=O)Nc2ccc(OC)cc2)c(OC)c1. The molecule has 1 amide bonds. The first kappa shape index (κ1) is 18.1. The van der Waals surface area contributed by atoms with Crippen molar-refractivity contribution < 1.29 is 28.5 Å². The van der Waals surface area contributed by atoms with E-state index in [-0.39, 0.29) is 12.5 Å². The molecule has 0 saturated heterocycles. The molecule has 0 aliphatic carbocycles. The Morgan fingerprint density at radius 2 is 1.64 bits per heavy atom. The first-order valence-electron chi connectivity index (χ1n) is 7.40. The molecule has 0 aromatic heterocycles. The summed E-state index contributed by atoms with van der Waals surface area (Å²) in [6.45, 7) is -0.208. The van der Waals surface area contributed by atoms with Crippen LogP contribution in [0.3, 0.4) is 0 Å². The molecule has 2 aromatic rings. The zero-order valence-corrected chi connectivity index (χ0v) is 14.2. The van der Waals surface area contributed by atoms with Crippen LogP contribution < -0.4 is 19.5 Å². The first-order valence-corrected chi connectivity index (χ1v) is 7.40. The third-order valence-electron chi connectivity index (χ3n) is 3.32. The molecule has 0 atom stereocenters. The van der Waals surface area contributed by atoms with Crippen LogP contribution >= 0.6 is 0 Å². The van der Waals surface area contributed by atoms with Crippen molar-refractivity contribution in [3.8, 4) is 17.2 Å². The molecule has 1 N–H and O–H groups in total.